The van der Waals surface area contributed by atoms with E-state index in [0.29, 0.717) is 0 Å². The summed E-state index contributed by atoms with van der Waals surface area (Å²) in [6.45, 7) is -0.0800. The normalized spacial score (nSPS) is 12.5. The molecule has 0 fully saturated rings. The van der Waals surface area contributed by atoms with Crippen LogP contribution in [-0.4, -0.2) is 49.9 Å². The summed E-state index contributed by atoms with van der Waals surface area (Å²) in [6, 6.07) is -1.03. The molecule has 2 heterocycles. The zero-order valence-corrected chi connectivity index (χ0v) is 11.7. The van der Waals surface area contributed by atoms with Crippen LogP contribution in [0.15, 0.2) is 9.59 Å². The van der Waals surface area contributed by atoms with E-state index in [2.05, 4.69) is 15.3 Å². The number of carboxylic acids is 1. The molecule has 2 aromatic rings. The monoisotopic (exact) mass is 297 g/mol. The van der Waals surface area contributed by atoms with E-state index < -0.39 is 23.3 Å². The van der Waals surface area contributed by atoms with Crippen LogP contribution in [-0.2, 0) is 23.6 Å². The van der Waals surface area contributed by atoms with Crippen LogP contribution in [0.3, 0.4) is 0 Å². The number of aromatic nitrogens is 4. The van der Waals surface area contributed by atoms with Gasteiger partial charge in [0.05, 0.1) is 6.61 Å². The Morgan fingerprint density at radius 2 is 2.10 bits per heavy atom. The van der Waals surface area contributed by atoms with E-state index in [4.69, 9.17) is 9.84 Å². The summed E-state index contributed by atoms with van der Waals surface area (Å²) in [4.78, 5) is 41.5. The number of aliphatic carboxylic acids is 1. The minimum absolute atomic E-state index is 0.0766. The molecule has 1 atom stereocenters. The summed E-state index contributed by atoms with van der Waals surface area (Å²) >= 11 is 0. The zero-order valence-electron chi connectivity index (χ0n) is 11.7. The molecule has 0 saturated carbocycles. The second kappa shape index (κ2) is 5.40. The molecule has 0 saturated heterocycles. The van der Waals surface area contributed by atoms with Gasteiger partial charge >= 0.3 is 11.7 Å². The van der Waals surface area contributed by atoms with Crippen molar-refractivity contribution in [3.63, 3.8) is 0 Å². The summed E-state index contributed by atoms with van der Waals surface area (Å²) in [7, 11) is 4.19. The lowest BCUT2D eigenvalue weighted by atomic mass is 10.3. The van der Waals surface area contributed by atoms with Crippen LogP contribution in [0.25, 0.3) is 11.2 Å². The van der Waals surface area contributed by atoms with Gasteiger partial charge in [0.2, 0.25) is 5.95 Å². The van der Waals surface area contributed by atoms with Gasteiger partial charge in [-0.2, -0.15) is 4.98 Å². The molecular weight excluding hydrogens is 282 g/mol. The van der Waals surface area contributed by atoms with Crippen LogP contribution in [0.2, 0.25) is 0 Å². The van der Waals surface area contributed by atoms with E-state index in [1.54, 1.807) is 0 Å². The Labute approximate surface area is 118 Å². The number of rotatable bonds is 5. The molecular formula is C11H15N5O5. The second-order valence-corrected chi connectivity index (χ2v) is 4.48. The first-order valence-electron chi connectivity index (χ1n) is 6.00. The smallest absolute Gasteiger partial charge is 0.332 e. The lowest BCUT2D eigenvalue weighted by Gasteiger charge is -2.11. The first-order chi connectivity index (χ1) is 9.86. The van der Waals surface area contributed by atoms with Crippen molar-refractivity contribution in [3.05, 3.63) is 20.8 Å². The third-order valence-electron chi connectivity index (χ3n) is 3.04. The van der Waals surface area contributed by atoms with Crippen molar-refractivity contribution < 1.29 is 14.6 Å². The Bertz CT molecular complexity index is 802. The number of carbonyl (C=O) groups is 1. The van der Waals surface area contributed by atoms with Gasteiger partial charge in [0.1, 0.15) is 0 Å². The van der Waals surface area contributed by atoms with Crippen molar-refractivity contribution in [2.24, 2.45) is 14.1 Å². The van der Waals surface area contributed by atoms with Gasteiger partial charge in [-0.25, -0.2) is 9.59 Å². The number of ether oxygens (including phenoxy) is 1. The fraction of sp³-hybridized carbons (Fsp3) is 0.455. The Balaban J connectivity index is 2.51. The number of fused-ring (bicyclic) bond motifs is 1. The number of nitrogens with zero attached hydrogens (tertiary/aromatic N) is 3. The largest absolute Gasteiger partial charge is 0.480 e. The second-order valence-electron chi connectivity index (χ2n) is 4.48. The van der Waals surface area contributed by atoms with Crippen LogP contribution in [0.5, 0.6) is 0 Å². The molecule has 0 aliphatic carbocycles. The van der Waals surface area contributed by atoms with Crippen LogP contribution >= 0.6 is 0 Å². The van der Waals surface area contributed by atoms with Gasteiger partial charge in [-0.1, -0.05) is 0 Å². The van der Waals surface area contributed by atoms with E-state index in [0.717, 1.165) is 4.57 Å². The Kier molecular flexibility index (Phi) is 3.80. The Morgan fingerprint density at radius 3 is 2.67 bits per heavy atom. The van der Waals surface area contributed by atoms with Crippen molar-refractivity contribution >= 4 is 23.1 Å². The molecule has 1 unspecified atom stereocenters. The van der Waals surface area contributed by atoms with E-state index in [9.17, 15) is 14.4 Å². The molecule has 0 radical (unpaired) electrons. The minimum Gasteiger partial charge on any atom is -0.480 e. The molecule has 0 amide bonds. The number of imidazole rings is 1. The summed E-state index contributed by atoms with van der Waals surface area (Å²) in [5.41, 5.74) is -0.791. The average Bonchev–Trinajstić information content (AvgIpc) is 2.86. The number of nitrogens with one attached hydrogen (secondary N) is 2. The summed E-state index contributed by atoms with van der Waals surface area (Å²) in [5.74, 6) is -1.05. The predicted molar refractivity (Wildman–Crippen MR) is 73.5 cm³/mol. The lowest BCUT2D eigenvalue weighted by Crippen LogP contribution is -2.36. The number of H-pyrrole nitrogens is 1. The fourth-order valence-corrected chi connectivity index (χ4v) is 1.90. The van der Waals surface area contributed by atoms with Gasteiger partial charge in [-0.15, -0.1) is 0 Å². The highest BCUT2D eigenvalue weighted by atomic mass is 16.5. The zero-order chi connectivity index (χ0) is 15.7. The minimum atomic E-state index is -1.13. The average molecular weight is 297 g/mol. The number of hydrogen-bond acceptors (Lipinski definition) is 6. The maximum absolute atomic E-state index is 12.0. The molecule has 10 nitrogen and oxygen atoms in total. The highest BCUT2D eigenvalue weighted by Crippen LogP contribution is 2.09. The van der Waals surface area contributed by atoms with E-state index in [1.807, 2.05) is 0 Å². The summed E-state index contributed by atoms with van der Waals surface area (Å²) < 4.78 is 6.93. The maximum atomic E-state index is 12.0. The third kappa shape index (κ3) is 2.52. The molecule has 21 heavy (non-hydrogen) atoms. The van der Waals surface area contributed by atoms with Crippen molar-refractivity contribution in [3.8, 4) is 0 Å². The molecule has 3 N–H and O–H groups in total. The molecule has 114 valence electrons. The van der Waals surface area contributed by atoms with Gasteiger partial charge in [-0.3, -0.25) is 13.9 Å². The highest BCUT2D eigenvalue weighted by Gasteiger charge is 2.20. The Hall–Kier alpha value is -2.62. The van der Waals surface area contributed by atoms with Crippen LogP contribution in [0.4, 0.5) is 5.95 Å². The molecule has 0 aliphatic heterocycles. The first-order valence-corrected chi connectivity index (χ1v) is 6.00. The molecule has 0 bridgehead atoms. The topological polar surface area (TPSA) is 131 Å². The van der Waals surface area contributed by atoms with Gasteiger partial charge in [0, 0.05) is 21.2 Å². The van der Waals surface area contributed by atoms with Gasteiger partial charge < -0.3 is 20.1 Å². The fourth-order valence-electron chi connectivity index (χ4n) is 1.90. The molecule has 2 aromatic heterocycles. The number of carboxylic acid groups (broad SMARTS) is 1. The molecule has 2 rings (SSSR count). The van der Waals surface area contributed by atoms with Crippen molar-refractivity contribution in [1.82, 2.24) is 19.1 Å². The molecule has 0 spiro atoms. The maximum Gasteiger partial charge on any atom is 0.332 e. The number of methoxy groups -OCH3 is 1. The van der Waals surface area contributed by atoms with Gasteiger partial charge in [0.15, 0.2) is 17.2 Å². The van der Waals surface area contributed by atoms with Crippen molar-refractivity contribution in [1.29, 1.82) is 0 Å². The standard InChI is InChI=1S/C11H15N5O5/c1-15-7-6(8(17)16(2)11(15)20)13-10(14-7)12-5(4-21-3)9(18)19/h5H,4H2,1-3H3,(H,18,19)(H2,12,13,14). The van der Waals surface area contributed by atoms with Gasteiger partial charge in [0.25, 0.3) is 5.56 Å². The number of anilines is 1. The Morgan fingerprint density at radius 1 is 1.43 bits per heavy atom. The van der Waals surface area contributed by atoms with E-state index in [1.165, 1.54) is 25.8 Å². The summed E-state index contributed by atoms with van der Waals surface area (Å²) in [5, 5.41) is 11.6. The quantitative estimate of drug-likeness (QED) is 0.610. The highest BCUT2D eigenvalue weighted by molar-refractivity contribution is 5.78. The summed E-state index contributed by atoms with van der Waals surface area (Å²) in [6.07, 6.45) is 0. The first kappa shape index (κ1) is 14.8. The number of hydrogen-bond donors (Lipinski definition) is 3. The van der Waals surface area contributed by atoms with Crippen LogP contribution < -0.4 is 16.6 Å². The van der Waals surface area contributed by atoms with Gasteiger partial charge in [-0.05, 0) is 0 Å². The molecule has 0 aromatic carbocycles. The van der Waals surface area contributed by atoms with Crippen LogP contribution in [0.1, 0.15) is 0 Å². The lowest BCUT2D eigenvalue weighted by molar-refractivity contribution is -0.139. The number of aromatic amines is 1. The third-order valence-corrected chi connectivity index (χ3v) is 3.04. The van der Waals surface area contributed by atoms with Crippen molar-refractivity contribution in [2.45, 2.75) is 6.04 Å². The van der Waals surface area contributed by atoms with E-state index in [-0.39, 0.29) is 23.7 Å². The van der Waals surface area contributed by atoms with Crippen molar-refractivity contribution in [2.75, 3.05) is 19.0 Å². The SMILES string of the molecule is COCC(Nc1nc2c([nH]1)c(=O)n(C)c(=O)n2C)C(=O)O. The number of aryl methyl sites for hydroxylation is 1. The molecule has 0 aliphatic rings. The van der Waals surface area contributed by atoms with E-state index >= 15 is 0 Å². The van der Waals surface area contributed by atoms with Crippen LogP contribution in [0, 0.1) is 0 Å². The predicted octanol–water partition coefficient (Wildman–Crippen LogP) is -1.53. The molecule has 10 heteroatoms.